The van der Waals surface area contributed by atoms with Crippen LogP contribution in [0.3, 0.4) is 0 Å². The Morgan fingerprint density at radius 2 is 2.38 bits per heavy atom. The fraction of sp³-hybridized carbons (Fsp3) is 0.333. The molecule has 82 valence electrons. The molecular weight excluding hydrogens is 202 g/mol. The number of hydrogen-bond donors (Lipinski definition) is 1. The second-order valence-electron chi connectivity index (χ2n) is 4.03. The van der Waals surface area contributed by atoms with E-state index in [0.29, 0.717) is 5.89 Å². The molecule has 0 atom stereocenters. The van der Waals surface area contributed by atoms with Crippen LogP contribution in [0.2, 0.25) is 0 Å². The number of aryl methyl sites for hydroxylation is 1. The molecular formula is C12H13N3O. The third-order valence-corrected chi connectivity index (χ3v) is 2.74. The summed E-state index contributed by atoms with van der Waals surface area (Å²) in [5.74, 6) is 1.59. The van der Waals surface area contributed by atoms with E-state index in [-0.39, 0.29) is 0 Å². The van der Waals surface area contributed by atoms with Crippen molar-refractivity contribution in [2.45, 2.75) is 19.9 Å². The lowest BCUT2D eigenvalue weighted by molar-refractivity contribution is 0.470. The van der Waals surface area contributed by atoms with Gasteiger partial charge in [0.25, 0.3) is 0 Å². The minimum atomic E-state index is 0.636. The molecule has 2 aromatic rings. The van der Waals surface area contributed by atoms with Gasteiger partial charge in [-0.2, -0.15) is 0 Å². The highest BCUT2D eigenvalue weighted by Gasteiger charge is 2.17. The van der Waals surface area contributed by atoms with Crippen molar-refractivity contribution in [3.05, 3.63) is 35.3 Å². The van der Waals surface area contributed by atoms with Gasteiger partial charge in [-0.3, -0.25) is 4.98 Å². The maximum atomic E-state index is 5.71. The van der Waals surface area contributed by atoms with Crippen LogP contribution in [0.25, 0.3) is 11.6 Å². The fourth-order valence-electron chi connectivity index (χ4n) is 1.89. The summed E-state index contributed by atoms with van der Waals surface area (Å²) in [5, 5.41) is 3.26. The number of rotatable bonds is 1. The SMILES string of the molecule is Cc1ccnc(-c2nc3c(o2)CNCC3)c1. The van der Waals surface area contributed by atoms with E-state index in [9.17, 15) is 0 Å². The van der Waals surface area contributed by atoms with Crippen molar-refractivity contribution in [1.82, 2.24) is 15.3 Å². The smallest absolute Gasteiger partial charge is 0.245 e. The maximum Gasteiger partial charge on any atom is 0.245 e. The van der Waals surface area contributed by atoms with E-state index >= 15 is 0 Å². The second kappa shape index (κ2) is 3.72. The molecule has 3 rings (SSSR count). The Kier molecular flexibility index (Phi) is 2.22. The molecule has 1 aliphatic heterocycles. The van der Waals surface area contributed by atoms with Gasteiger partial charge in [0.2, 0.25) is 5.89 Å². The molecule has 0 bridgehead atoms. The quantitative estimate of drug-likeness (QED) is 0.786. The highest BCUT2D eigenvalue weighted by Crippen LogP contribution is 2.22. The van der Waals surface area contributed by atoms with Crippen molar-refractivity contribution < 1.29 is 4.42 Å². The molecule has 16 heavy (non-hydrogen) atoms. The second-order valence-corrected chi connectivity index (χ2v) is 4.03. The number of hydrogen-bond acceptors (Lipinski definition) is 4. The van der Waals surface area contributed by atoms with Crippen LogP contribution in [0.5, 0.6) is 0 Å². The average molecular weight is 215 g/mol. The van der Waals surface area contributed by atoms with E-state index in [1.165, 1.54) is 5.56 Å². The summed E-state index contributed by atoms with van der Waals surface area (Å²) in [4.78, 5) is 8.77. The van der Waals surface area contributed by atoms with Crippen molar-refractivity contribution in [2.75, 3.05) is 6.54 Å². The molecule has 4 nitrogen and oxygen atoms in total. The number of pyridine rings is 1. The van der Waals surface area contributed by atoms with Gasteiger partial charge in [0.1, 0.15) is 11.5 Å². The van der Waals surface area contributed by atoms with Gasteiger partial charge in [-0.15, -0.1) is 0 Å². The van der Waals surface area contributed by atoms with Gasteiger partial charge in [0, 0.05) is 19.2 Å². The zero-order valence-corrected chi connectivity index (χ0v) is 9.16. The largest absolute Gasteiger partial charge is 0.438 e. The topological polar surface area (TPSA) is 51.0 Å². The first-order valence-corrected chi connectivity index (χ1v) is 5.45. The van der Waals surface area contributed by atoms with Crippen LogP contribution in [0, 0.1) is 6.92 Å². The molecule has 0 unspecified atom stereocenters. The fourth-order valence-corrected chi connectivity index (χ4v) is 1.89. The van der Waals surface area contributed by atoms with Crippen molar-refractivity contribution >= 4 is 0 Å². The van der Waals surface area contributed by atoms with Crippen LogP contribution in [-0.2, 0) is 13.0 Å². The van der Waals surface area contributed by atoms with Crippen LogP contribution < -0.4 is 5.32 Å². The Morgan fingerprint density at radius 1 is 1.44 bits per heavy atom. The first-order valence-electron chi connectivity index (χ1n) is 5.45. The summed E-state index contributed by atoms with van der Waals surface area (Å²) in [5.41, 5.74) is 3.05. The molecule has 0 spiro atoms. The summed E-state index contributed by atoms with van der Waals surface area (Å²) in [6.45, 7) is 3.78. The van der Waals surface area contributed by atoms with E-state index in [4.69, 9.17) is 4.42 Å². The van der Waals surface area contributed by atoms with Crippen LogP contribution in [-0.4, -0.2) is 16.5 Å². The molecule has 0 aromatic carbocycles. The Hall–Kier alpha value is -1.68. The maximum absolute atomic E-state index is 5.71. The first-order chi connectivity index (χ1) is 7.83. The predicted molar refractivity (Wildman–Crippen MR) is 59.9 cm³/mol. The number of fused-ring (bicyclic) bond motifs is 1. The van der Waals surface area contributed by atoms with Crippen molar-refractivity contribution in [3.63, 3.8) is 0 Å². The van der Waals surface area contributed by atoms with Crippen LogP contribution in [0.4, 0.5) is 0 Å². The Morgan fingerprint density at radius 3 is 3.19 bits per heavy atom. The van der Waals surface area contributed by atoms with Gasteiger partial charge in [-0.05, 0) is 24.6 Å². The van der Waals surface area contributed by atoms with Crippen LogP contribution in [0.15, 0.2) is 22.7 Å². The van der Waals surface area contributed by atoms with E-state index in [1.807, 2.05) is 19.1 Å². The standard InChI is InChI=1S/C12H13N3O/c1-8-2-5-14-10(6-8)12-15-9-3-4-13-7-11(9)16-12/h2,5-6,13H,3-4,7H2,1H3. The number of nitrogens with zero attached hydrogens (tertiary/aromatic N) is 2. The summed E-state index contributed by atoms with van der Waals surface area (Å²) < 4.78 is 5.71. The number of aromatic nitrogens is 2. The lowest BCUT2D eigenvalue weighted by Gasteiger charge is -2.07. The third-order valence-electron chi connectivity index (χ3n) is 2.74. The number of oxazole rings is 1. The lowest BCUT2D eigenvalue weighted by Crippen LogP contribution is -2.22. The Labute approximate surface area is 93.7 Å². The molecule has 0 fully saturated rings. The van der Waals surface area contributed by atoms with E-state index in [0.717, 1.165) is 36.7 Å². The molecule has 0 radical (unpaired) electrons. The third kappa shape index (κ3) is 1.61. The van der Waals surface area contributed by atoms with Gasteiger partial charge >= 0.3 is 0 Å². The summed E-state index contributed by atoms with van der Waals surface area (Å²) in [6.07, 6.45) is 2.72. The van der Waals surface area contributed by atoms with Gasteiger partial charge in [-0.25, -0.2) is 4.98 Å². The van der Waals surface area contributed by atoms with Crippen LogP contribution >= 0.6 is 0 Å². The van der Waals surface area contributed by atoms with Crippen molar-refractivity contribution in [1.29, 1.82) is 0 Å². The van der Waals surface area contributed by atoms with E-state index < -0.39 is 0 Å². The summed E-state index contributed by atoms with van der Waals surface area (Å²) >= 11 is 0. The molecule has 0 saturated heterocycles. The molecule has 0 amide bonds. The normalized spacial score (nSPS) is 14.8. The molecule has 2 aromatic heterocycles. The average Bonchev–Trinajstić information content (AvgIpc) is 2.72. The molecule has 4 heteroatoms. The van der Waals surface area contributed by atoms with E-state index in [2.05, 4.69) is 15.3 Å². The van der Waals surface area contributed by atoms with Crippen molar-refractivity contribution in [2.24, 2.45) is 0 Å². The molecule has 0 saturated carbocycles. The minimum absolute atomic E-state index is 0.636. The van der Waals surface area contributed by atoms with Gasteiger partial charge in [-0.1, -0.05) is 0 Å². The first kappa shape index (κ1) is 9.54. The molecule has 1 N–H and O–H groups in total. The van der Waals surface area contributed by atoms with Gasteiger partial charge < -0.3 is 9.73 Å². The molecule has 1 aliphatic rings. The molecule has 0 aliphatic carbocycles. The molecule has 3 heterocycles. The van der Waals surface area contributed by atoms with Gasteiger partial charge in [0.05, 0.1) is 12.2 Å². The Bertz CT molecular complexity index is 495. The highest BCUT2D eigenvalue weighted by molar-refractivity contribution is 5.49. The van der Waals surface area contributed by atoms with E-state index in [1.54, 1.807) is 6.20 Å². The lowest BCUT2D eigenvalue weighted by atomic mass is 10.2. The zero-order chi connectivity index (χ0) is 11.0. The Balaban J connectivity index is 2.03. The number of nitrogens with one attached hydrogen (secondary N) is 1. The van der Waals surface area contributed by atoms with Gasteiger partial charge in [0.15, 0.2) is 0 Å². The highest BCUT2D eigenvalue weighted by atomic mass is 16.4. The van der Waals surface area contributed by atoms with Crippen LogP contribution in [0.1, 0.15) is 17.0 Å². The summed E-state index contributed by atoms with van der Waals surface area (Å²) in [7, 11) is 0. The zero-order valence-electron chi connectivity index (χ0n) is 9.16. The monoisotopic (exact) mass is 215 g/mol. The predicted octanol–water partition coefficient (Wildman–Crippen LogP) is 1.69. The minimum Gasteiger partial charge on any atom is -0.438 e. The summed E-state index contributed by atoms with van der Waals surface area (Å²) in [6, 6.07) is 3.96. The van der Waals surface area contributed by atoms with Crippen molar-refractivity contribution in [3.8, 4) is 11.6 Å².